The maximum Gasteiger partial charge on any atom is 0.434 e. The number of rotatable bonds is 6. The minimum Gasteiger partial charge on any atom is -0.480 e. The Hall–Kier alpha value is -3.96. The van der Waals surface area contributed by atoms with Crippen molar-refractivity contribution in [1.29, 1.82) is 0 Å². The number of aromatic nitrogens is 5. The molecule has 1 saturated heterocycles. The molecule has 12 heteroatoms. The quantitative estimate of drug-likeness (QED) is 0.497. The number of aliphatic imine (C=N–C) groups is 1. The second-order valence-electron chi connectivity index (χ2n) is 10.3. The van der Waals surface area contributed by atoms with Crippen molar-refractivity contribution in [2.75, 3.05) is 25.1 Å². The van der Waals surface area contributed by atoms with E-state index in [-0.39, 0.29) is 5.82 Å². The maximum atomic E-state index is 13.1. The van der Waals surface area contributed by atoms with Gasteiger partial charge in [-0.15, -0.1) is 0 Å². The van der Waals surface area contributed by atoms with Gasteiger partial charge in [0.1, 0.15) is 18.0 Å². The van der Waals surface area contributed by atoms with Gasteiger partial charge in [0.05, 0.1) is 30.1 Å². The van der Waals surface area contributed by atoms with Crippen molar-refractivity contribution in [3.8, 4) is 17.3 Å². The van der Waals surface area contributed by atoms with Gasteiger partial charge in [0, 0.05) is 61.7 Å². The summed E-state index contributed by atoms with van der Waals surface area (Å²) in [5.74, 6) is 1.69. The number of nitrogens with zero attached hydrogens (tertiary/aromatic N) is 7. The molecule has 3 aromatic rings. The molecule has 0 aromatic carbocycles. The third-order valence-corrected chi connectivity index (χ3v) is 7.29. The summed E-state index contributed by atoms with van der Waals surface area (Å²) in [6, 6.07) is 3.88. The van der Waals surface area contributed by atoms with E-state index in [0.717, 1.165) is 54.4 Å². The molecule has 9 nitrogen and oxygen atoms in total. The molecule has 2 N–H and O–H groups in total. The minimum absolute atomic E-state index is 0.201. The number of methoxy groups -OCH3 is 1. The van der Waals surface area contributed by atoms with Crippen LogP contribution in [0, 0.1) is 0 Å². The minimum atomic E-state index is -4.51. The van der Waals surface area contributed by atoms with E-state index in [9.17, 15) is 13.2 Å². The molecule has 0 unspecified atom stereocenters. The summed E-state index contributed by atoms with van der Waals surface area (Å²) in [7, 11) is 3.12. The number of halogens is 3. The fraction of sp³-hybridized carbons (Fsp3) is 0.444. The van der Waals surface area contributed by atoms with Crippen LogP contribution in [0.15, 0.2) is 41.4 Å². The molecule has 3 aromatic heterocycles. The number of ether oxygens (including phenoxy) is 1. The van der Waals surface area contributed by atoms with Crippen LogP contribution < -0.4 is 15.4 Å². The second-order valence-corrected chi connectivity index (χ2v) is 10.3. The molecule has 0 spiro atoms. The Morgan fingerprint density at radius 3 is 2.54 bits per heavy atom. The first-order valence-electron chi connectivity index (χ1n) is 13.0. The van der Waals surface area contributed by atoms with E-state index in [2.05, 4.69) is 24.8 Å². The summed E-state index contributed by atoms with van der Waals surface area (Å²) >= 11 is 0. The number of alkyl halides is 3. The number of anilines is 1. The highest BCUT2D eigenvalue weighted by Crippen LogP contribution is 2.44. The summed E-state index contributed by atoms with van der Waals surface area (Å²) in [4.78, 5) is 24.3. The van der Waals surface area contributed by atoms with E-state index in [1.54, 1.807) is 25.4 Å². The third kappa shape index (κ3) is 5.07. The predicted molar refractivity (Wildman–Crippen MR) is 140 cm³/mol. The average molecular weight is 539 g/mol. The molecular formula is C27H29F3N8O. The Bertz CT molecular complexity index is 1450. The standard InChI is InChI=1S/C27H29F3N8O/c1-37-13-20(27(28,29)30)36-25(37)16-5-8-21(32-11-16)38-10-9-19(35-17-6-7-17)18(12-38)23(31)22-24(15-3-4-15)33-14-34-26(22)39-2/h5,8,11,13-15,17H,3-4,6-7,9-10,12,31H2,1-2H3/b23-18-,35-19?. The topological polar surface area (TPSA) is 107 Å². The van der Waals surface area contributed by atoms with E-state index in [0.29, 0.717) is 54.4 Å². The van der Waals surface area contributed by atoms with Gasteiger partial charge in [0.25, 0.3) is 0 Å². The smallest absolute Gasteiger partial charge is 0.434 e. The molecule has 3 aliphatic rings. The summed E-state index contributed by atoms with van der Waals surface area (Å²) in [5, 5.41) is 0. The highest BCUT2D eigenvalue weighted by atomic mass is 19.4. The zero-order chi connectivity index (χ0) is 27.3. The third-order valence-electron chi connectivity index (χ3n) is 7.29. The van der Waals surface area contributed by atoms with Crippen molar-refractivity contribution in [2.45, 2.75) is 50.2 Å². The van der Waals surface area contributed by atoms with Gasteiger partial charge in [0.2, 0.25) is 5.88 Å². The average Bonchev–Trinajstić information content (AvgIpc) is 3.87. The van der Waals surface area contributed by atoms with Crippen molar-refractivity contribution in [3.05, 3.63) is 53.4 Å². The van der Waals surface area contributed by atoms with Crippen LogP contribution in [-0.2, 0) is 13.2 Å². The van der Waals surface area contributed by atoms with Gasteiger partial charge in [-0.25, -0.2) is 19.9 Å². The Kier molecular flexibility index (Phi) is 6.27. The van der Waals surface area contributed by atoms with Gasteiger partial charge in [-0.05, 0) is 37.8 Å². The van der Waals surface area contributed by atoms with Crippen molar-refractivity contribution in [3.63, 3.8) is 0 Å². The lowest BCUT2D eigenvalue weighted by molar-refractivity contribution is -0.140. The van der Waals surface area contributed by atoms with Crippen LogP contribution in [0.3, 0.4) is 0 Å². The highest BCUT2D eigenvalue weighted by Gasteiger charge is 2.35. The van der Waals surface area contributed by atoms with E-state index in [1.807, 2.05) is 0 Å². The van der Waals surface area contributed by atoms with Crippen LogP contribution in [0.4, 0.5) is 19.0 Å². The van der Waals surface area contributed by atoms with Crippen LogP contribution in [0.1, 0.15) is 55.0 Å². The molecule has 0 bridgehead atoms. The molecule has 39 heavy (non-hydrogen) atoms. The summed E-state index contributed by atoms with van der Waals surface area (Å²) in [6.07, 6.45) is 4.51. The number of aryl methyl sites for hydroxylation is 1. The summed E-state index contributed by atoms with van der Waals surface area (Å²) in [5.41, 5.74) is 10.6. The normalized spacial score (nSPS) is 20.4. The molecule has 0 radical (unpaired) electrons. The molecule has 0 atom stereocenters. The molecule has 2 aliphatic carbocycles. The van der Waals surface area contributed by atoms with E-state index in [4.69, 9.17) is 15.5 Å². The lowest BCUT2D eigenvalue weighted by atomic mass is 9.95. The molecule has 0 amide bonds. The molecule has 204 valence electrons. The van der Waals surface area contributed by atoms with Crippen LogP contribution >= 0.6 is 0 Å². The summed E-state index contributed by atoms with van der Waals surface area (Å²) < 4.78 is 46.3. The number of pyridine rings is 1. The van der Waals surface area contributed by atoms with Gasteiger partial charge in [-0.2, -0.15) is 13.2 Å². The van der Waals surface area contributed by atoms with E-state index in [1.165, 1.54) is 17.9 Å². The number of piperidine rings is 1. The van der Waals surface area contributed by atoms with Crippen molar-refractivity contribution in [2.24, 2.45) is 17.8 Å². The van der Waals surface area contributed by atoms with Gasteiger partial charge >= 0.3 is 6.18 Å². The van der Waals surface area contributed by atoms with Crippen molar-refractivity contribution in [1.82, 2.24) is 24.5 Å². The number of nitrogens with two attached hydrogens (primary N) is 1. The van der Waals surface area contributed by atoms with Gasteiger partial charge < -0.3 is 19.9 Å². The maximum absolute atomic E-state index is 13.1. The first kappa shape index (κ1) is 25.3. The van der Waals surface area contributed by atoms with Crippen LogP contribution in [-0.4, -0.2) is 56.5 Å². The molecule has 3 fully saturated rings. The van der Waals surface area contributed by atoms with Crippen LogP contribution in [0.5, 0.6) is 5.88 Å². The largest absolute Gasteiger partial charge is 0.480 e. The second kappa shape index (κ2) is 9.65. The highest BCUT2D eigenvalue weighted by molar-refractivity contribution is 6.08. The number of imidazole rings is 1. The van der Waals surface area contributed by atoms with Crippen molar-refractivity contribution >= 4 is 17.2 Å². The van der Waals surface area contributed by atoms with Crippen LogP contribution in [0.2, 0.25) is 0 Å². The van der Waals surface area contributed by atoms with Gasteiger partial charge in [-0.3, -0.25) is 4.99 Å². The molecule has 4 heterocycles. The fourth-order valence-corrected chi connectivity index (χ4v) is 4.94. The van der Waals surface area contributed by atoms with E-state index >= 15 is 0 Å². The zero-order valence-electron chi connectivity index (χ0n) is 21.7. The lowest BCUT2D eigenvalue weighted by Gasteiger charge is -2.32. The van der Waals surface area contributed by atoms with Crippen molar-refractivity contribution < 1.29 is 17.9 Å². The Morgan fingerprint density at radius 1 is 1.13 bits per heavy atom. The molecule has 2 saturated carbocycles. The SMILES string of the molecule is COc1ncnc(C2CC2)c1/C(N)=C1\CN(c2ccc(-c3nc(C(F)(F)F)cn3C)cn2)CCC1=NC1CC1. The summed E-state index contributed by atoms with van der Waals surface area (Å²) in [6.45, 7) is 1.17. The molecular weight excluding hydrogens is 509 g/mol. The number of hydrogen-bond donors (Lipinski definition) is 1. The van der Waals surface area contributed by atoms with E-state index < -0.39 is 11.9 Å². The lowest BCUT2D eigenvalue weighted by Crippen LogP contribution is -2.38. The zero-order valence-corrected chi connectivity index (χ0v) is 21.7. The predicted octanol–water partition coefficient (Wildman–Crippen LogP) is 4.36. The Labute approximate surface area is 223 Å². The molecule has 6 rings (SSSR count). The van der Waals surface area contributed by atoms with Gasteiger partial charge in [0.15, 0.2) is 5.69 Å². The first-order chi connectivity index (χ1) is 18.7. The van der Waals surface area contributed by atoms with Crippen LogP contribution in [0.25, 0.3) is 17.1 Å². The number of hydrogen-bond acceptors (Lipinski definition) is 8. The first-order valence-corrected chi connectivity index (χ1v) is 13.0. The van der Waals surface area contributed by atoms with Gasteiger partial charge in [-0.1, -0.05) is 0 Å². The Balaban J connectivity index is 1.33. The Morgan fingerprint density at radius 2 is 1.92 bits per heavy atom. The monoisotopic (exact) mass is 538 g/mol. The molecule has 1 aliphatic heterocycles. The fourth-order valence-electron chi connectivity index (χ4n) is 4.94.